The molecule has 2 fully saturated rings. The summed E-state index contributed by atoms with van der Waals surface area (Å²) in [6.45, 7) is 5.72. The van der Waals surface area contributed by atoms with Crippen molar-refractivity contribution in [3.8, 4) is 0 Å². The highest BCUT2D eigenvalue weighted by atomic mass is 16.6. The molecule has 3 nitrogen and oxygen atoms in total. The fourth-order valence-corrected chi connectivity index (χ4v) is 3.22. The fourth-order valence-electron chi connectivity index (χ4n) is 3.22. The van der Waals surface area contributed by atoms with Gasteiger partial charge in [-0.05, 0) is 39.0 Å². The Labute approximate surface area is 90.8 Å². The number of fused-ring (bicyclic) bond motifs is 1. The summed E-state index contributed by atoms with van der Waals surface area (Å²) in [5.74, 6) is 0.699. The molecular weight excluding hydrogens is 192 g/mol. The van der Waals surface area contributed by atoms with Crippen LogP contribution in [-0.4, -0.2) is 22.3 Å². The van der Waals surface area contributed by atoms with Crippen molar-refractivity contribution in [2.24, 2.45) is 11.8 Å². The number of carbonyl (C=O) groups is 1. The van der Waals surface area contributed by atoms with Gasteiger partial charge in [-0.25, -0.2) is 0 Å². The Morgan fingerprint density at radius 3 is 2.80 bits per heavy atom. The second-order valence-electron chi connectivity index (χ2n) is 5.70. The fraction of sp³-hybridized carbons (Fsp3) is 0.917. The lowest BCUT2D eigenvalue weighted by molar-refractivity contribution is -0.189. The number of ether oxygens (including phenoxy) is 1. The van der Waals surface area contributed by atoms with Crippen molar-refractivity contribution in [1.29, 1.82) is 0 Å². The van der Waals surface area contributed by atoms with Gasteiger partial charge in [-0.1, -0.05) is 6.92 Å². The minimum atomic E-state index is -0.927. The Kier molecular flexibility index (Phi) is 2.34. The van der Waals surface area contributed by atoms with Crippen molar-refractivity contribution in [2.75, 3.05) is 0 Å². The highest BCUT2D eigenvalue weighted by molar-refractivity contribution is 5.73. The van der Waals surface area contributed by atoms with Crippen molar-refractivity contribution in [3.63, 3.8) is 0 Å². The number of hydrogen-bond acceptors (Lipinski definition) is 3. The van der Waals surface area contributed by atoms with Crippen LogP contribution < -0.4 is 0 Å². The third-order valence-electron chi connectivity index (χ3n) is 4.10. The maximum Gasteiger partial charge on any atom is 0.306 e. The van der Waals surface area contributed by atoms with Gasteiger partial charge in [0.25, 0.3) is 0 Å². The zero-order chi connectivity index (χ0) is 11.3. The zero-order valence-corrected chi connectivity index (χ0v) is 9.75. The molecule has 0 aromatic rings. The molecule has 0 unspecified atom stereocenters. The lowest BCUT2D eigenvalue weighted by atomic mass is 9.65. The molecule has 1 aliphatic carbocycles. The standard InChI is InChI=1S/C12H20O3/c1-8-4-5-12(11(2,3)14)9(6-8)7-10(13)15-12/h8-9,14H,4-7H2,1-3H3/t8-,9+,12+/m0/s1. The molecule has 15 heavy (non-hydrogen) atoms. The van der Waals surface area contributed by atoms with Crippen molar-refractivity contribution in [3.05, 3.63) is 0 Å². The van der Waals surface area contributed by atoms with E-state index < -0.39 is 11.2 Å². The summed E-state index contributed by atoms with van der Waals surface area (Å²) in [7, 11) is 0. The molecule has 1 N–H and O–H groups in total. The first-order valence-corrected chi connectivity index (χ1v) is 5.79. The van der Waals surface area contributed by atoms with Crippen LogP contribution in [0.2, 0.25) is 0 Å². The third kappa shape index (κ3) is 1.57. The lowest BCUT2D eigenvalue weighted by Crippen LogP contribution is -2.56. The van der Waals surface area contributed by atoms with E-state index in [2.05, 4.69) is 6.92 Å². The Balaban J connectivity index is 2.31. The first-order valence-electron chi connectivity index (χ1n) is 5.79. The van der Waals surface area contributed by atoms with Gasteiger partial charge in [-0.2, -0.15) is 0 Å². The highest BCUT2D eigenvalue weighted by Crippen LogP contribution is 2.51. The first-order chi connectivity index (χ1) is 6.85. The molecule has 0 radical (unpaired) electrons. The summed E-state index contributed by atoms with van der Waals surface area (Å²) in [5, 5.41) is 10.2. The van der Waals surface area contributed by atoms with E-state index in [0.717, 1.165) is 19.3 Å². The van der Waals surface area contributed by atoms with E-state index in [1.807, 2.05) is 0 Å². The zero-order valence-electron chi connectivity index (χ0n) is 9.75. The smallest absolute Gasteiger partial charge is 0.306 e. The number of hydrogen-bond donors (Lipinski definition) is 1. The van der Waals surface area contributed by atoms with Gasteiger partial charge in [0.15, 0.2) is 0 Å². The van der Waals surface area contributed by atoms with E-state index in [9.17, 15) is 9.90 Å². The summed E-state index contributed by atoms with van der Waals surface area (Å²) >= 11 is 0. The lowest BCUT2D eigenvalue weighted by Gasteiger charge is -2.47. The minimum absolute atomic E-state index is 0.142. The van der Waals surface area contributed by atoms with E-state index in [-0.39, 0.29) is 11.9 Å². The van der Waals surface area contributed by atoms with Crippen LogP contribution in [0.3, 0.4) is 0 Å². The first kappa shape index (κ1) is 10.9. The average molecular weight is 212 g/mol. The normalized spacial score (nSPS) is 41.2. The largest absolute Gasteiger partial charge is 0.456 e. The Morgan fingerprint density at radius 2 is 2.20 bits per heavy atom. The topological polar surface area (TPSA) is 46.5 Å². The molecule has 0 aromatic carbocycles. The van der Waals surface area contributed by atoms with E-state index in [1.165, 1.54) is 0 Å². The molecule has 1 saturated heterocycles. The predicted molar refractivity (Wildman–Crippen MR) is 56.2 cm³/mol. The number of rotatable bonds is 1. The summed E-state index contributed by atoms with van der Waals surface area (Å²) in [4.78, 5) is 11.4. The molecule has 2 aliphatic rings. The molecule has 1 saturated carbocycles. The predicted octanol–water partition coefficient (Wildman–Crippen LogP) is 1.88. The summed E-state index contributed by atoms with van der Waals surface area (Å²) < 4.78 is 5.48. The van der Waals surface area contributed by atoms with Crippen LogP contribution >= 0.6 is 0 Å². The van der Waals surface area contributed by atoms with Crippen LogP contribution in [0.4, 0.5) is 0 Å². The van der Waals surface area contributed by atoms with Gasteiger partial charge >= 0.3 is 5.97 Å². The van der Waals surface area contributed by atoms with E-state index in [4.69, 9.17) is 4.74 Å². The Bertz CT molecular complexity index is 279. The molecule has 1 heterocycles. The molecule has 0 spiro atoms. The molecular formula is C12H20O3. The van der Waals surface area contributed by atoms with Gasteiger partial charge in [0.05, 0.1) is 12.0 Å². The van der Waals surface area contributed by atoms with Gasteiger partial charge in [0.1, 0.15) is 5.60 Å². The Morgan fingerprint density at radius 1 is 1.53 bits per heavy atom. The average Bonchev–Trinajstić information content (AvgIpc) is 2.40. The van der Waals surface area contributed by atoms with Crippen molar-refractivity contribution < 1.29 is 14.6 Å². The van der Waals surface area contributed by atoms with Crippen molar-refractivity contribution in [1.82, 2.24) is 0 Å². The maximum absolute atomic E-state index is 11.4. The highest BCUT2D eigenvalue weighted by Gasteiger charge is 2.59. The molecule has 86 valence electrons. The van der Waals surface area contributed by atoms with Crippen LogP contribution in [0.1, 0.15) is 46.5 Å². The maximum atomic E-state index is 11.4. The van der Waals surface area contributed by atoms with Crippen LogP contribution in [0.5, 0.6) is 0 Å². The van der Waals surface area contributed by atoms with Gasteiger partial charge in [-0.15, -0.1) is 0 Å². The molecule has 3 atom stereocenters. The molecule has 1 aliphatic heterocycles. The van der Waals surface area contributed by atoms with Gasteiger partial charge in [-0.3, -0.25) is 4.79 Å². The summed E-state index contributed by atoms with van der Waals surface area (Å²) in [6, 6.07) is 0. The number of carbonyl (C=O) groups excluding carboxylic acids is 1. The van der Waals surface area contributed by atoms with Gasteiger partial charge in [0, 0.05) is 5.92 Å². The quantitative estimate of drug-likeness (QED) is 0.675. The number of esters is 1. The third-order valence-corrected chi connectivity index (χ3v) is 4.10. The second-order valence-corrected chi connectivity index (χ2v) is 5.70. The number of aliphatic hydroxyl groups is 1. The molecule has 0 aromatic heterocycles. The molecule has 2 rings (SSSR count). The minimum Gasteiger partial charge on any atom is -0.456 e. The van der Waals surface area contributed by atoms with Crippen LogP contribution in [0.25, 0.3) is 0 Å². The van der Waals surface area contributed by atoms with Crippen molar-refractivity contribution in [2.45, 2.75) is 57.7 Å². The molecule has 3 heteroatoms. The second kappa shape index (κ2) is 3.21. The van der Waals surface area contributed by atoms with E-state index in [0.29, 0.717) is 12.3 Å². The molecule has 0 amide bonds. The summed E-state index contributed by atoms with van der Waals surface area (Å²) in [5.41, 5.74) is -1.54. The van der Waals surface area contributed by atoms with Crippen LogP contribution in [0.15, 0.2) is 0 Å². The molecule has 0 bridgehead atoms. The van der Waals surface area contributed by atoms with E-state index in [1.54, 1.807) is 13.8 Å². The van der Waals surface area contributed by atoms with Gasteiger partial charge in [0.2, 0.25) is 0 Å². The van der Waals surface area contributed by atoms with Gasteiger partial charge < -0.3 is 9.84 Å². The van der Waals surface area contributed by atoms with E-state index >= 15 is 0 Å². The monoisotopic (exact) mass is 212 g/mol. The Hall–Kier alpha value is -0.570. The summed E-state index contributed by atoms with van der Waals surface area (Å²) in [6.07, 6.45) is 3.31. The van der Waals surface area contributed by atoms with Crippen LogP contribution in [0, 0.1) is 11.8 Å². The van der Waals surface area contributed by atoms with Crippen LogP contribution in [-0.2, 0) is 9.53 Å². The van der Waals surface area contributed by atoms with Crippen molar-refractivity contribution >= 4 is 5.97 Å². The SMILES string of the molecule is C[C@H]1CC[C@@]2(C(C)(C)O)OC(=O)C[C@H]2C1.